The van der Waals surface area contributed by atoms with Gasteiger partial charge in [0.1, 0.15) is 17.6 Å². The lowest BCUT2D eigenvalue weighted by Crippen LogP contribution is -2.19. The number of carbonyl (C=O) groups excluding carboxylic acids is 2. The van der Waals surface area contributed by atoms with Crippen LogP contribution in [0.3, 0.4) is 0 Å². The largest absolute Gasteiger partial charge is 0.489 e. The van der Waals surface area contributed by atoms with Crippen molar-refractivity contribution in [3.63, 3.8) is 0 Å². The fraction of sp³-hybridized carbons (Fsp3) is 0.500. The van der Waals surface area contributed by atoms with E-state index >= 15 is 0 Å². The van der Waals surface area contributed by atoms with Crippen molar-refractivity contribution in [1.82, 2.24) is 5.32 Å². The minimum atomic E-state index is -0.493. The highest BCUT2D eigenvalue weighted by atomic mass is 16.5. The number of esters is 2. The summed E-state index contributed by atoms with van der Waals surface area (Å²) in [6, 6.07) is 7.60. The molecule has 1 unspecified atom stereocenters. The van der Waals surface area contributed by atoms with Gasteiger partial charge in [-0.2, -0.15) is 0 Å². The predicted octanol–water partition coefficient (Wildman–Crippen LogP) is 2.62. The first kappa shape index (κ1) is 20.0. The SMILES string of the molecule is COC(=O)/C(Cc1ccc(OC2CCNC2)cc1)=C(\OC(C)=O)C(C)C. The van der Waals surface area contributed by atoms with Crippen LogP contribution in [0.2, 0.25) is 0 Å². The van der Waals surface area contributed by atoms with Gasteiger partial charge in [-0.05, 0) is 30.7 Å². The van der Waals surface area contributed by atoms with Crippen molar-refractivity contribution in [3.05, 3.63) is 41.2 Å². The first-order chi connectivity index (χ1) is 12.4. The summed E-state index contributed by atoms with van der Waals surface area (Å²) in [6.45, 7) is 6.89. The van der Waals surface area contributed by atoms with Gasteiger partial charge >= 0.3 is 11.9 Å². The lowest BCUT2D eigenvalue weighted by Gasteiger charge is -2.17. The standard InChI is InChI=1S/C20H27NO5/c1-13(2)19(25-14(3)22)18(20(23)24-4)11-15-5-7-16(8-6-15)26-17-9-10-21-12-17/h5-8,13,17,21H,9-12H2,1-4H3/b19-18-. The molecule has 1 aromatic carbocycles. The molecule has 0 spiro atoms. The molecule has 0 radical (unpaired) electrons. The summed E-state index contributed by atoms with van der Waals surface area (Å²) in [6.07, 6.45) is 1.51. The number of allylic oxidation sites excluding steroid dienone is 1. The van der Waals surface area contributed by atoms with Crippen molar-refractivity contribution in [3.8, 4) is 5.75 Å². The monoisotopic (exact) mass is 361 g/mol. The van der Waals surface area contributed by atoms with Gasteiger partial charge in [0.05, 0.1) is 12.7 Å². The van der Waals surface area contributed by atoms with Gasteiger partial charge in [0.2, 0.25) is 0 Å². The van der Waals surface area contributed by atoms with Gasteiger partial charge in [0.15, 0.2) is 0 Å². The Bertz CT molecular complexity index is 657. The molecule has 1 N–H and O–H groups in total. The number of hydrogen-bond donors (Lipinski definition) is 1. The average Bonchev–Trinajstić information content (AvgIpc) is 3.11. The van der Waals surface area contributed by atoms with E-state index in [0.29, 0.717) is 17.8 Å². The minimum absolute atomic E-state index is 0.120. The van der Waals surface area contributed by atoms with Gasteiger partial charge in [0, 0.05) is 25.8 Å². The smallest absolute Gasteiger partial charge is 0.337 e. The number of hydrogen-bond acceptors (Lipinski definition) is 6. The molecule has 0 amide bonds. The normalized spacial score (nSPS) is 17.7. The lowest BCUT2D eigenvalue weighted by atomic mass is 9.99. The average molecular weight is 361 g/mol. The van der Waals surface area contributed by atoms with E-state index in [9.17, 15) is 9.59 Å². The third-order valence-electron chi connectivity index (χ3n) is 4.13. The van der Waals surface area contributed by atoms with Crippen molar-refractivity contribution < 1.29 is 23.8 Å². The van der Waals surface area contributed by atoms with Gasteiger partial charge < -0.3 is 19.5 Å². The van der Waals surface area contributed by atoms with Gasteiger partial charge in [-0.25, -0.2) is 4.79 Å². The minimum Gasteiger partial charge on any atom is -0.489 e. The zero-order valence-electron chi connectivity index (χ0n) is 15.8. The van der Waals surface area contributed by atoms with E-state index in [1.807, 2.05) is 38.1 Å². The Morgan fingerprint density at radius 1 is 1.23 bits per heavy atom. The number of benzene rings is 1. The molecule has 0 bridgehead atoms. The Hall–Kier alpha value is -2.34. The van der Waals surface area contributed by atoms with Crippen LogP contribution in [0.15, 0.2) is 35.6 Å². The number of methoxy groups -OCH3 is 1. The number of carbonyl (C=O) groups is 2. The maximum atomic E-state index is 12.2. The zero-order chi connectivity index (χ0) is 19.1. The maximum absolute atomic E-state index is 12.2. The maximum Gasteiger partial charge on any atom is 0.337 e. The number of ether oxygens (including phenoxy) is 3. The summed E-state index contributed by atoms with van der Waals surface area (Å²) in [5.74, 6) is 0.0821. The summed E-state index contributed by atoms with van der Waals surface area (Å²) in [7, 11) is 1.32. The molecule has 1 atom stereocenters. The Labute approximate surface area is 154 Å². The highest BCUT2D eigenvalue weighted by Gasteiger charge is 2.22. The first-order valence-electron chi connectivity index (χ1n) is 8.86. The topological polar surface area (TPSA) is 73.9 Å². The Morgan fingerprint density at radius 3 is 2.42 bits per heavy atom. The Kier molecular flexibility index (Phi) is 7.21. The van der Waals surface area contributed by atoms with E-state index < -0.39 is 11.9 Å². The molecule has 1 heterocycles. The predicted molar refractivity (Wildman–Crippen MR) is 97.7 cm³/mol. The van der Waals surface area contributed by atoms with E-state index in [1.54, 1.807) is 0 Å². The highest BCUT2D eigenvalue weighted by molar-refractivity contribution is 5.90. The molecule has 0 aliphatic carbocycles. The van der Waals surface area contributed by atoms with Crippen molar-refractivity contribution in [2.45, 2.75) is 39.7 Å². The van der Waals surface area contributed by atoms with E-state index in [1.165, 1.54) is 14.0 Å². The molecule has 2 rings (SSSR count). The fourth-order valence-electron chi connectivity index (χ4n) is 2.88. The third-order valence-corrected chi connectivity index (χ3v) is 4.13. The summed E-state index contributed by atoms with van der Waals surface area (Å²) in [5.41, 5.74) is 1.26. The molecular weight excluding hydrogens is 334 g/mol. The quantitative estimate of drug-likeness (QED) is 0.457. The number of nitrogens with one attached hydrogen (secondary N) is 1. The molecule has 1 aliphatic heterocycles. The molecule has 1 fully saturated rings. The van der Waals surface area contributed by atoms with Crippen molar-refractivity contribution in [2.24, 2.45) is 5.92 Å². The van der Waals surface area contributed by atoms with Crippen LogP contribution in [-0.4, -0.2) is 38.2 Å². The van der Waals surface area contributed by atoms with Crippen molar-refractivity contribution >= 4 is 11.9 Å². The van der Waals surface area contributed by atoms with Gasteiger partial charge in [-0.1, -0.05) is 26.0 Å². The molecule has 6 heteroatoms. The summed E-state index contributed by atoms with van der Waals surface area (Å²) in [4.78, 5) is 23.6. The van der Waals surface area contributed by atoms with Crippen LogP contribution in [0, 0.1) is 5.92 Å². The van der Waals surface area contributed by atoms with Gasteiger partial charge in [-0.3, -0.25) is 4.79 Å². The molecular formula is C20H27NO5. The van der Waals surface area contributed by atoms with E-state index in [4.69, 9.17) is 14.2 Å². The van der Waals surface area contributed by atoms with Gasteiger partial charge in [0.25, 0.3) is 0 Å². The molecule has 0 aromatic heterocycles. The van der Waals surface area contributed by atoms with Crippen LogP contribution in [0.4, 0.5) is 0 Å². The molecule has 1 aromatic rings. The molecule has 0 saturated carbocycles. The van der Waals surface area contributed by atoms with Crippen molar-refractivity contribution in [2.75, 3.05) is 20.2 Å². The van der Waals surface area contributed by atoms with E-state index in [-0.39, 0.29) is 12.0 Å². The van der Waals surface area contributed by atoms with Crippen LogP contribution < -0.4 is 10.1 Å². The first-order valence-corrected chi connectivity index (χ1v) is 8.86. The van der Waals surface area contributed by atoms with E-state index in [2.05, 4.69) is 5.32 Å². The highest BCUT2D eigenvalue weighted by Crippen LogP contribution is 2.23. The van der Waals surface area contributed by atoms with Crippen molar-refractivity contribution in [1.29, 1.82) is 0 Å². The Morgan fingerprint density at radius 2 is 1.92 bits per heavy atom. The molecule has 142 valence electrons. The molecule has 1 aliphatic rings. The summed E-state index contributed by atoms with van der Waals surface area (Å²) >= 11 is 0. The second-order valence-electron chi connectivity index (χ2n) is 6.64. The second kappa shape index (κ2) is 9.38. The van der Waals surface area contributed by atoms with Crippen LogP contribution in [0.1, 0.15) is 32.8 Å². The van der Waals surface area contributed by atoms with Crippen LogP contribution >= 0.6 is 0 Å². The van der Waals surface area contributed by atoms with Crippen LogP contribution in [0.5, 0.6) is 5.75 Å². The Balaban J connectivity index is 2.19. The van der Waals surface area contributed by atoms with Crippen LogP contribution in [0.25, 0.3) is 0 Å². The van der Waals surface area contributed by atoms with Crippen LogP contribution in [-0.2, 0) is 25.5 Å². The summed E-state index contributed by atoms with van der Waals surface area (Å²) in [5, 5.41) is 3.26. The lowest BCUT2D eigenvalue weighted by molar-refractivity contribution is -0.139. The zero-order valence-corrected chi connectivity index (χ0v) is 15.8. The summed E-state index contributed by atoms with van der Waals surface area (Å²) < 4.78 is 16.1. The van der Waals surface area contributed by atoms with E-state index in [0.717, 1.165) is 30.8 Å². The third kappa shape index (κ3) is 5.59. The second-order valence-corrected chi connectivity index (χ2v) is 6.64. The fourth-order valence-corrected chi connectivity index (χ4v) is 2.88. The molecule has 26 heavy (non-hydrogen) atoms. The molecule has 1 saturated heterocycles. The van der Waals surface area contributed by atoms with Gasteiger partial charge in [-0.15, -0.1) is 0 Å². The molecule has 6 nitrogen and oxygen atoms in total. The number of rotatable bonds is 7.